The zero-order valence-corrected chi connectivity index (χ0v) is 15.3. The summed E-state index contributed by atoms with van der Waals surface area (Å²) >= 11 is 0. The van der Waals surface area contributed by atoms with Gasteiger partial charge in [0.2, 0.25) is 0 Å². The zero-order valence-electron chi connectivity index (χ0n) is 15.3. The van der Waals surface area contributed by atoms with Gasteiger partial charge in [0.25, 0.3) is 0 Å². The second-order valence-electron chi connectivity index (χ2n) is 8.05. The van der Waals surface area contributed by atoms with E-state index in [4.69, 9.17) is 4.74 Å². The summed E-state index contributed by atoms with van der Waals surface area (Å²) in [4.78, 5) is 14.9. The Balaban J connectivity index is 1.45. The Kier molecular flexibility index (Phi) is 4.82. The summed E-state index contributed by atoms with van der Waals surface area (Å²) in [5, 5.41) is 2.31. The molecule has 1 aliphatic carbocycles. The molecule has 2 saturated heterocycles. The van der Waals surface area contributed by atoms with Crippen molar-refractivity contribution in [3.05, 3.63) is 29.8 Å². The van der Waals surface area contributed by atoms with E-state index in [1.54, 1.807) is 0 Å². The van der Waals surface area contributed by atoms with E-state index in [2.05, 4.69) is 17.1 Å². The lowest BCUT2D eigenvalue weighted by Crippen LogP contribution is -2.54. The highest BCUT2D eigenvalue weighted by molar-refractivity contribution is 5.86. The minimum Gasteiger partial charge on any atom is -0.446 e. The van der Waals surface area contributed by atoms with Gasteiger partial charge in [-0.05, 0) is 57.2 Å². The van der Waals surface area contributed by atoms with Gasteiger partial charge in [-0.1, -0.05) is 18.6 Å². The van der Waals surface area contributed by atoms with Gasteiger partial charge in [-0.3, -0.25) is 10.2 Å². The van der Waals surface area contributed by atoms with E-state index in [9.17, 15) is 18.0 Å². The van der Waals surface area contributed by atoms with Crippen molar-refractivity contribution in [3.8, 4) is 0 Å². The number of amides is 1. The maximum absolute atomic E-state index is 13.1. The van der Waals surface area contributed by atoms with E-state index >= 15 is 0 Å². The first-order valence-corrected chi connectivity index (χ1v) is 9.74. The lowest BCUT2D eigenvalue weighted by atomic mass is 9.81. The maximum atomic E-state index is 13.1. The van der Waals surface area contributed by atoms with E-state index in [1.165, 1.54) is 31.0 Å². The van der Waals surface area contributed by atoms with Crippen molar-refractivity contribution in [1.82, 2.24) is 4.90 Å². The van der Waals surface area contributed by atoms with Gasteiger partial charge >= 0.3 is 12.3 Å². The lowest BCUT2D eigenvalue weighted by Gasteiger charge is -2.47. The van der Waals surface area contributed by atoms with Crippen LogP contribution in [-0.2, 0) is 10.9 Å². The number of carbonyl (C=O) groups excluding carboxylic acids is 1. The molecule has 0 spiro atoms. The molecular weight excluding hydrogens is 357 g/mol. The molecule has 2 bridgehead atoms. The number of nitrogens with zero attached hydrogens (tertiary/aromatic N) is 1. The number of rotatable bonds is 2. The Labute approximate surface area is 157 Å². The molecule has 0 unspecified atom stereocenters. The van der Waals surface area contributed by atoms with E-state index in [1.807, 2.05) is 0 Å². The van der Waals surface area contributed by atoms with Crippen molar-refractivity contribution >= 4 is 11.8 Å². The fourth-order valence-electron chi connectivity index (χ4n) is 5.34. The van der Waals surface area contributed by atoms with Crippen molar-refractivity contribution < 1.29 is 22.7 Å². The van der Waals surface area contributed by atoms with Gasteiger partial charge < -0.3 is 4.74 Å². The maximum Gasteiger partial charge on any atom is 0.418 e. The number of para-hydroxylation sites is 1. The van der Waals surface area contributed by atoms with Gasteiger partial charge in [0.15, 0.2) is 0 Å². The lowest BCUT2D eigenvalue weighted by molar-refractivity contribution is -0.136. The summed E-state index contributed by atoms with van der Waals surface area (Å²) in [6, 6.07) is 5.89. The monoisotopic (exact) mass is 382 g/mol. The summed E-state index contributed by atoms with van der Waals surface area (Å²) in [5.41, 5.74) is -1.12. The number of hydrogen-bond donors (Lipinski definition) is 1. The first-order chi connectivity index (χ1) is 12.8. The summed E-state index contributed by atoms with van der Waals surface area (Å²) in [5.74, 6) is 0.778. The van der Waals surface area contributed by atoms with Gasteiger partial charge in [0.05, 0.1) is 11.3 Å². The molecule has 1 aromatic carbocycles. The molecule has 3 fully saturated rings. The number of nitrogens with one attached hydrogen (secondary N) is 1. The van der Waals surface area contributed by atoms with Crippen LogP contribution in [-0.4, -0.2) is 35.7 Å². The van der Waals surface area contributed by atoms with Crippen LogP contribution >= 0.6 is 0 Å². The Bertz CT molecular complexity index is 709. The second-order valence-corrected chi connectivity index (χ2v) is 8.05. The summed E-state index contributed by atoms with van der Waals surface area (Å²) in [6.07, 6.45) is -0.186. The van der Waals surface area contributed by atoms with Crippen LogP contribution < -0.4 is 5.32 Å². The third kappa shape index (κ3) is 3.53. The van der Waals surface area contributed by atoms with Crippen LogP contribution in [0.25, 0.3) is 0 Å². The van der Waals surface area contributed by atoms with Gasteiger partial charge in [-0.15, -0.1) is 0 Å². The highest BCUT2D eigenvalue weighted by atomic mass is 19.4. The molecule has 1 saturated carbocycles. The van der Waals surface area contributed by atoms with E-state index in [0.717, 1.165) is 31.9 Å². The number of piperidine rings is 2. The Morgan fingerprint density at radius 3 is 2.78 bits per heavy atom. The number of alkyl halides is 3. The van der Waals surface area contributed by atoms with E-state index in [-0.39, 0.29) is 17.7 Å². The van der Waals surface area contributed by atoms with Crippen molar-refractivity contribution in [2.45, 2.75) is 63.4 Å². The molecule has 27 heavy (non-hydrogen) atoms. The normalized spacial score (nSPS) is 33.4. The van der Waals surface area contributed by atoms with Gasteiger partial charge in [-0.2, -0.15) is 13.2 Å². The minimum atomic E-state index is -4.52. The molecular formula is C20H25F3N2O2. The predicted octanol–water partition coefficient (Wildman–Crippen LogP) is 4.91. The highest BCUT2D eigenvalue weighted by Gasteiger charge is 2.51. The first kappa shape index (κ1) is 18.6. The number of ether oxygens (including phenoxy) is 1. The summed E-state index contributed by atoms with van der Waals surface area (Å²) in [6.45, 7) is 3.35. The number of fused-ring (bicyclic) bond motifs is 4. The molecule has 5 atom stereocenters. The molecule has 0 radical (unpaired) electrons. The number of benzene rings is 1. The number of anilines is 1. The van der Waals surface area contributed by atoms with Crippen molar-refractivity contribution in [3.63, 3.8) is 0 Å². The molecule has 3 aliphatic rings. The van der Waals surface area contributed by atoms with Crippen molar-refractivity contribution in [2.75, 3.05) is 11.9 Å². The minimum absolute atomic E-state index is 0.219. The first-order valence-electron chi connectivity index (χ1n) is 9.74. The molecule has 4 rings (SSSR count). The van der Waals surface area contributed by atoms with E-state index < -0.39 is 17.8 Å². The molecule has 2 heterocycles. The second kappa shape index (κ2) is 7.00. The van der Waals surface area contributed by atoms with Crippen LogP contribution in [0.5, 0.6) is 0 Å². The van der Waals surface area contributed by atoms with Crippen molar-refractivity contribution in [1.29, 1.82) is 0 Å². The Hall–Kier alpha value is -1.76. The third-order valence-corrected chi connectivity index (χ3v) is 6.61. The summed E-state index contributed by atoms with van der Waals surface area (Å²) < 4.78 is 45.0. The molecule has 2 aliphatic heterocycles. The van der Waals surface area contributed by atoms with Crippen LogP contribution in [0.3, 0.4) is 0 Å². The SMILES string of the molecule is C[C@H]1[C@@H]2C[C@H]([C@H]3CCCCN31)[C@H](OC(=O)Nc1ccccc1C(F)(F)F)C2. The fraction of sp³-hybridized carbons (Fsp3) is 0.650. The molecule has 1 aromatic rings. The summed E-state index contributed by atoms with van der Waals surface area (Å²) in [7, 11) is 0. The van der Waals surface area contributed by atoms with Crippen LogP contribution in [0.2, 0.25) is 0 Å². The zero-order chi connectivity index (χ0) is 19.2. The third-order valence-electron chi connectivity index (χ3n) is 6.61. The standard InChI is InChI=1S/C20H25F3N2O2/c1-12-13-10-14(17-8-4-5-9-25(12)17)18(11-13)27-19(26)24-16-7-3-2-6-15(16)20(21,22)23/h2-3,6-7,12-14,17-18H,4-5,8-11H2,1H3,(H,24,26)/t12-,13+,14+,17+,18+/m0/s1. The topological polar surface area (TPSA) is 41.6 Å². The Morgan fingerprint density at radius 1 is 1.22 bits per heavy atom. The predicted molar refractivity (Wildman–Crippen MR) is 95.4 cm³/mol. The van der Waals surface area contributed by atoms with Crippen molar-refractivity contribution in [2.24, 2.45) is 11.8 Å². The van der Waals surface area contributed by atoms with E-state index in [0.29, 0.717) is 18.0 Å². The molecule has 0 aromatic heterocycles. The van der Waals surface area contributed by atoms with Crippen LogP contribution in [0, 0.1) is 11.8 Å². The fourth-order valence-corrected chi connectivity index (χ4v) is 5.34. The van der Waals surface area contributed by atoms with Gasteiger partial charge in [-0.25, -0.2) is 4.79 Å². The number of halogens is 3. The quantitative estimate of drug-likeness (QED) is 0.791. The van der Waals surface area contributed by atoms with Crippen LogP contribution in [0.4, 0.5) is 23.7 Å². The number of hydrogen-bond acceptors (Lipinski definition) is 3. The van der Waals surface area contributed by atoms with Gasteiger partial charge in [0.1, 0.15) is 6.10 Å². The molecule has 7 heteroatoms. The number of carbonyl (C=O) groups is 1. The Morgan fingerprint density at radius 2 is 2.00 bits per heavy atom. The molecule has 1 amide bonds. The average Bonchev–Trinajstić information content (AvgIpc) is 2.99. The smallest absolute Gasteiger partial charge is 0.418 e. The largest absolute Gasteiger partial charge is 0.446 e. The average molecular weight is 382 g/mol. The van der Waals surface area contributed by atoms with Gasteiger partial charge in [0, 0.05) is 18.0 Å². The molecule has 4 nitrogen and oxygen atoms in total. The van der Waals surface area contributed by atoms with Crippen LogP contribution in [0.15, 0.2) is 24.3 Å². The van der Waals surface area contributed by atoms with Crippen LogP contribution in [0.1, 0.15) is 44.6 Å². The highest BCUT2D eigenvalue weighted by Crippen LogP contribution is 2.48. The molecule has 148 valence electrons. The molecule has 1 N–H and O–H groups in total.